The van der Waals surface area contributed by atoms with Crippen LogP contribution < -0.4 is 5.32 Å². The molecular weight excluding hydrogens is 533 g/mol. The molecule has 3 rings (SSSR count). The lowest BCUT2D eigenvalue weighted by Crippen LogP contribution is -2.47. The second kappa shape index (κ2) is 13.9. The van der Waals surface area contributed by atoms with E-state index in [1.54, 1.807) is 14.2 Å². The van der Waals surface area contributed by atoms with E-state index in [2.05, 4.69) is 25.3 Å². The number of nitrogens with zero attached hydrogens (tertiary/aromatic N) is 4. The molecule has 8 nitrogen and oxygen atoms in total. The van der Waals surface area contributed by atoms with Gasteiger partial charge >= 0.3 is 0 Å². The van der Waals surface area contributed by atoms with E-state index < -0.39 is 0 Å². The molecule has 0 amide bonds. The molecule has 31 heavy (non-hydrogen) atoms. The van der Waals surface area contributed by atoms with E-state index in [4.69, 9.17) is 25.6 Å². The average Bonchev–Trinajstić information content (AvgIpc) is 3.24. The van der Waals surface area contributed by atoms with E-state index in [0.29, 0.717) is 35.8 Å². The summed E-state index contributed by atoms with van der Waals surface area (Å²) in [7, 11) is 3.52. The second-order valence-corrected chi connectivity index (χ2v) is 7.58. The summed E-state index contributed by atoms with van der Waals surface area (Å²) in [5, 5.41) is 8.12. The van der Waals surface area contributed by atoms with Gasteiger partial charge < -0.3 is 24.2 Å². The van der Waals surface area contributed by atoms with Gasteiger partial charge in [-0.1, -0.05) is 16.8 Å². The molecule has 1 aliphatic heterocycles. The van der Waals surface area contributed by atoms with Gasteiger partial charge in [0, 0.05) is 64.0 Å². The first-order valence-electron chi connectivity index (χ1n) is 10.3. The van der Waals surface area contributed by atoms with Crippen molar-refractivity contribution in [2.75, 3.05) is 47.0 Å². The van der Waals surface area contributed by atoms with E-state index in [9.17, 15) is 0 Å². The highest BCUT2D eigenvalue weighted by Gasteiger charge is 2.21. The highest BCUT2D eigenvalue weighted by Crippen LogP contribution is 2.19. The SMILES string of the molecule is CN=C(NCCc1nc(-c2ccc(Cl)cc2)no1)N1CCC(OCCCOC)CC1.I. The molecule has 0 spiro atoms. The lowest BCUT2D eigenvalue weighted by atomic mass is 10.1. The highest BCUT2D eigenvalue weighted by molar-refractivity contribution is 14.0. The maximum absolute atomic E-state index is 5.93. The molecule has 0 atom stereocenters. The third-order valence-corrected chi connectivity index (χ3v) is 5.24. The minimum atomic E-state index is 0. The van der Waals surface area contributed by atoms with Crippen LogP contribution in [0.5, 0.6) is 0 Å². The van der Waals surface area contributed by atoms with Gasteiger partial charge in [0.1, 0.15) is 0 Å². The Balaban J connectivity index is 0.00000341. The van der Waals surface area contributed by atoms with Gasteiger partial charge in [0.25, 0.3) is 0 Å². The molecule has 10 heteroatoms. The summed E-state index contributed by atoms with van der Waals surface area (Å²) < 4.78 is 16.4. The Morgan fingerprint density at radius 1 is 1.26 bits per heavy atom. The van der Waals surface area contributed by atoms with Crippen LogP contribution in [0, 0.1) is 0 Å². The Kier molecular flexibility index (Phi) is 11.6. The van der Waals surface area contributed by atoms with Crippen molar-refractivity contribution in [2.45, 2.75) is 31.8 Å². The Morgan fingerprint density at radius 3 is 2.68 bits per heavy atom. The van der Waals surface area contributed by atoms with E-state index >= 15 is 0 Å². The number of aromatic nitrogens is 2. The Bertz CT molecular complexity index is 795. The van der Waals surface area contributed by atoms with E-state index in [-0.39, 0.29) is 24.0 Å². The summed E-state index contributed by atoms with van der Waals surface area (Å²) in [6.45, 7) is 4.03. The molecular formula is C21H31ClIN5O3. The van der Waals surface area contributed by atoms with Crippen molar-refractivity contribution in [3.05, 3.63) is 35.2 Å². The highest BCUT2D eigenvalue weighted by atomic mass is 127. The van der Waals surface area contributed by atoms with Crippen molar-refractivity contribution >= 4 is 41.5 Å². The molecule has 1 aliphatic rings. The second-order valence-electron chi connectivity index (χ2n) is 7.15. The number of hydrogen-bond donors (Lipinski definition) is 1. The van der Waals surface area contributed by atoms with Crippen LogP contribution in [0.2, 0.25) is 5.02 Å². The smallest absolute Gasteiger partial charge is 0.228 e. The number of halogens is 2. The van der Waals surface area contributed by atoms with Crippen LogP contribution in [0.4, 0.5) is 0 Å². The normalized spacial score (nSPS) is 15.1. The number of benzene rings is 1. The maximum atomic E-state index is 5.93. The van der Waals surface area contributed by atoms with Gasteiger partial charge in [-0.2, -0.15) is 4.98 Å². The molecule has 1 fully saturated rings. The molecule has 2 aromatic rings. The summed E-state index contributed by atoms with van der Waals surface area (Å²) in [4.78, 5) is 11.1. The van der Waals surface area contributed by atoms with Crippen LogP contribution in [0.1, 0.15) is 25.2 Å². The lowest BCUT2D eigenvalue weighted by Gasteiger charge is -2.34. The quantitative estimate of drug-likeness (QED) is 0.216. The standard InChI is InChI=1S/C21H30ClN5O3.HI/c1-23-21(27-12-9-18(10-13-27)29-15-3-14-28-2)24-11-8-19-25-20(26-30-19)16-4-6-17(22)7-5-16;/h4-7,18H,3,8-15H2,1-2H3,(H,23,24);1H. The van der Waals surface area contributed by atoms with Crippen LogP contribution in [0.25, 0.3) is 11.4 Å². The zero-order valence-electron chi connectivity index (χ0n) is 18.1. The fraction of sp³-hybridized carbons (Fsp3) is 0.571. The van der Waals surface area contributed by atoms with Crippen molar-refractivity contribution in [2.24, 2.45) is 4.99 Å². The van der Waals surface area contributed by atoms with Crippen molar-refractivity contribution in [1.29, 1.82) is 0 Å². The van der Waals surface area contributed by atoms with Crippen LogP contribution >= 0.6 is 35.6 Å². The van der Waals surface area contributed by atoms with Gasteiger partial charge in [0.05, 0.1) is 6.10 Å². The van der Waals surface area contributed by atoms with Gasteiger partial charge in [0.2, 0.25) is 11.7 Å². The van der Waals surface area contributed by atoms with Gasteiger partial charge in [-0.15, -0.1) is 24.0 Å². The van der Waals surface area contributed by atoms with Crippen molar-refractivity contribution in [1.82, 2.24) is 20.4 Å². The largest absolute Gasteiger partial charge is 0.385 e. The van der Waals surface area contributed by atoms with Crippen LogP contribution in [0.3, 0.4) is 0 Å². The number of piperidine rings is 1. The third kappa shape index (κ3) is 8.21. The van der Waals surface area contributed by atoms with Gasteiger partial charge in [-0.3, -0.25) is 4.99 Å². The minimum Gasteiger partial charge on any atom is -0.385 e. The van der Waals surface area contributed by atoms with Crippen molar-refractivity contribution in [3.63, 3.8) is 0 Å². The third-order valence-electron chi connectivity index (χ3n) is 4.99. The molecule has 172 valence electrons. The number of likely N-dealkylation sites (tertiary alicyclic amines) is 1. The average molecular weight is 564 g/mol. The summed E-state index contributed by atoms with van der Waals surface area (Å²) in [5.74, 6) is 2.05. The molecule has 2 heterocycles. The predicted octanol–water partition coefficient (Wildman–Crippen LogP) is 3.64. The molecule has 1 aromatic carbocycles. The summed E-state index contributed by atoms with van der Waals surface area (Å²) >= 11 is 5.92. The van der Waals surface area contributed by atoms with Gasteiger partial charge in [0.15, 0.2) is 5.96 Å². The Labute approximate surface area is 205 Å². The van der Waals surface area contributed by atoms with Crippen molar-refractivity contribution < 1.29 is 14.0 Å². The van der Waals surface area contributed by atoms with Crippen LogP contribution in [0.15, 0.2) is 33.8 Å². The van der Waals surface area contributed by atoms with E-state index in [0.717, 1.165) is 57.1 Å². The number of hydrogen-bond acceptors (Lipinski definition) is 6. The van der Waals surface area contributed by atoms with Crippen molar-refractivity contribution in [3.8, 4) is 11.4 Å². The zero-order chi connectivity index (χ0) is 21.2. The first-order chi connectivity index (χ1) is 14.7. The summed E-state index contributed by atoms with van der Waals surface area (Å²) in [6.07, 6.45) is 3.89. The molecule has 0 aliphatic carbocycles. The number of rotatable bonds is 9. The van der Waals surface area contributed by atoms with Crippen LogP contribution in [-0.4, -0.2) is 74.1 Å². The fourth-order valence-electron chi connectivity index (χ4n) is 3.37. The van der Waals surface area contributed by atoms with Crippen LogP contribution in [-0.2, 0) is 15.9 Å². The maximum Gasteiger partial charge on any atom is 0.228 e. The van der Waals surface area contributed by atoms with Gasteiger partial charge in [-0.25, -0.2) is 0 Å². The molecule has 0 unspecified atom stereocenters. The monoisotopic (exact) mass is 563 g/mol. The van der Waals surface area contributed by atoms with E-state index in [1.807, 2.05) is 24.3 Å². The Morgan fingerprint density at radius 2 is 2.00 bits per heavy atom. The number of ether oxygens (including phenoxy) is 2. The summed E-state index contributed by atoms with van der Waals surface area (Å²) in [6, 6.07) is 7.38. The van der Waals surface area contributed by atoms with Gasteiger partial charge in [-0.05, 0) is 43.5 Å². The lowest BCUT2D eigenvalue weighted by molar-refractivity contribution is 0.00991. The fourth-order valence-corrected chi connectivity index (χ4v) is 3.50. The first kappa shape index (κ1) is 25.8. The molecule has 1 saturated heterocycles. The first-order valence-corrected chi connectivity index (χ1v) is 10.7. The molecule has 0 bridgehead atoms. The number of aliphatic imine (C=N–C) groups is 1. The predicted molar refractivity (Wildman–Crippen MR) is 132 cm³/mol. The number of nitrogens with one attached hydrogen (secondary N) is 1. The summed E-state index contributed by atoms with van der Waals surface area (Å²) in [5.41, 5.74) is 0.880. The molecule has 1 N–H and O–H groups in total. The minimum absolute atomic E-state index is 0. The number of guanidine groups is 1. The zero-order valence-corrected chi connectivity index (χ0v) is 21.1. The Hall–Kier alpha value is -1.43. The molecule has 1 aromatic heterocycles. The van der Waals surface area contributed by atoms with E-state index in [1.165, 1.54) is 0 Å². The molecule has 0 saturated carbocycles. The molecule has 0 radical (unpaired) electrons. The topological polar surface area (TPSA) is 85.0 Å². The number of methoxy groups -OCH3 is 1.